The summed E-state index contributed by atoms with van der Waals surface area (Å²) in [5, 5.41) is 8.78. The van der Waals surface area contributed by atoms with Crippen molar-refractivity contribution in [1.29, 1.82) is 0 Å². The number of aliphatic hydroxyl groups excluding tert-OH is 1. The van der Waals surface area contributed by atoms with Crippen molar-refractivity contribution in [2.24, 2.45) is 5.92 Å². The maximum Gasteiger partial charge on any atom is 0.222 e. The van der Waals surface area contributed by atoms with Gasteiger partial charge in [-0.05, 0) is 5.92 Å². The van der Waals surface area contributed by atoms with Gasteiger partial charge in [-0.15, -0.1) is 0 Å². The maximum absolute atomic E-state index is 11.6. The molecule has 0 aromatic carbocycles. The normalized spacial score (nSPS) is 10.6. The van der Waals surface area contributed by atoms with Gasteiger partial charge in [-0.2, -0.15) is 0 Å². The summed E-state index contributed by atoms with van der Waals surface area (Å²) in [6, 6.07) is 0. The van der Waals surface area contributed by atoms with Crippen LogP contribution < -0.4 is 0 Å². The average Bonchev–Trinajstić information content (AvgIpc) is 2.10. The third-order valence-corrected chi connectivity index (χ3v) is 1.87. The molecule has 1 N–H and O–H groups in total. The first-order chi connectivity index (χ1) is 6.61. The number of rotatable bonds is 7. The van der Waals surface area contributed by atoms with E-state index in [-0.39, 0.29) is 12.5 Å². The van der Waals surface area contributed by atoms with Crippen molar-refractivity contribution in [2.45, 2.75) is 20.3 Å². The van der Waals surface area contributed by atoms with E-state index >= 15 is 0 Å². The fraction of sp³-hybridized carbons (Fsp3) is 0.900. The zero-order chi connectivity index (χ0) is 11.0. The predicted octanol–water partition coefficient (Wildman–Crippen LogP) is 0.500. The molecule has 4 nitrogen and oxygen atoms in total. The Bertz CT molecular complexity index is 159. The highest BCUT2D eigenvalue weighted by atomic mass is 16.5. The number of amides is 1. The Morgan fingerprint density at radius 2 is 2.07 bits per heavy atom. The van der Waals surface area contributed by atoms with Crippen molar-refractivity contribution >= 4 is 5.91 Å². The minimum Gasteiger partial charge on any atom is -0.395 e. The molecule has 0 rings (SSSR count). The van der Waals surface area contributed by atoms with Crippen LogP contribution in [-0.2, 0) is 9.53 Å². The summed E-state index contributed by atoms with van der Waals surface area (Å²) >= 11 is 0. The third-order valence-electron chi connectivity index (χ3n) is 1.87. The Balaban J connectivity index is 3.97. The van der Waals surface area contributed by atoms with Crippen LogP contribution in [0.2, 0.25) is 0 Å². The molecule has 0 saturated carbocycles. The first-order valence-corrected chi connectivity index (χ1v) is 4.99. The average molecular weight is 203 g/mol. The highest BCUT2D eigenvalue weighted by molar-refractivity contribution is 5.76. The Hall–Kier alpha value is -0.610. The molecule has 0 saturated heterocycles. The molecule has 0 bridgehead atoms. The summed E-state index contributed by atoms with van der Waals surface area (Å²) in [7, 11) is 1.60. The lowest BCUT2D eigenvalue weighted by Crippen LogP contribution is -2.36. The summed E-state index contributed by atoms with van der Waals surface area (Å²) in [5.41, 5.74) is 0. The lowest BCUT2D eigenvalue weighted by molar-refractivity contribution is -0.133. The number of nitrogens with zero attached hydrogens (tertiary/aromatic N) is 1. The molecular weight excluding hydrogens is 182 g/mol. The molecule has 0 aliphatic rings. The Labute approximate surface area is 85.9 Å². The molecule has 0 atom stereocenters. The Kier molecular flexibility index (Phi) is 7.42. The van der Waals surface area contributed by atoms with Gasteiger partial charge in [-0.1, -0.05) is 13.8 Å². The van der Waals surface area contributed by atoms with Gasteiger partial charge >= 0.3 is 0 Å². The summed E-state index contributed by atoms with van der Waals surface area (Å²) in [5.74, 6) is 0.442. The molecule has 0 aliphatic carbocycles. The van der Waals surface area contributed by atoms with Crippen LogP contribution in [0.15, 0.2) is 0 Å². The van der Waals surface area contributed by atoms with E-state index in [2.05, 4.69) is 0 Å². The fourth-order valence-corrected chi connectivity index (χ4v) is 1.16. The van der Waals surface area contributed by atoms with Gasteiger partial charge in [-0.3, -0.25) is 4.79 Å². The summed E-state index contributed by atoms with van der Waals surface area (Å²) < 4.78 is 4.90. The van der Waals surface area contributed by atoms with E-state index in [1.165, 1.54) is 0 Å². The van der Waals surface area contributed by atoms with E-state index in [4.69, 9.17) is 9.84 Å². The van der Waals surface area contributed by atoms with Gasteiger partial charge < -0.3 is 14.7 Å². The number of hydrogen-bond donors (Lipinski definition) is 1. The van der Waals surface area contributed by atoms with Crippen LogP contribution in [0.1, 0.15) is 20.3 Å². The van der Waals surface area contributed by atoms with Gasteiger partial charge in [0.1, 0.15) is 0 Å². The molecule has 0 aromatic rings. The van der Waals surface area contributed by atoms with Gasteiger partial charge in [0.15, 0.2) is 0 Å². The number of methoxy groups -OCH3 is 1. The van der Waals surface area contributed by atoms with Crippen LogP contribution in [0.5, 0.6) is 0 Å². The number of ether oxygens (including phenoxy) is 1. The number of carbonyl (C=O) groups excluding carboxylic acids is 1. The zero-order valence-electron chi connectivity index (χ0n) is 9.32. The third kappa shape index (κ3) is 5.94. The van der Waals surface area contributed by atoms with Crippen molar-refractivity contribution in [3.05, 3.63) is 0 Å². The van der Waals surface area contributed by atoms with Crippen molar-refractivity contribution in [2.75, 3.05) is 33.4 Å². The molecule has 0 spiro atoms. The van der Waals surface area contributed by atoms with E-state index in [1.807, 2.05) is 13.8 Å². The van der Waals surface area contributed by atoms with Gasteiger partial charge in [0.2, 0.25) is 5.91 Å². The van der Waals surface area contributed by atoms with Crippen molar-refractivity contribution < 1.29 is 14.6 Å². The van der Waals surface area contributed by atoms with Gasteiger partial charge in [0.25, 0.3) is 0 Å². The minimum absolute atomic E-state index is 0.00749. The van der Waals surface area contributed by atoms with Gasteiger partial charge in [0, 0.05) is 26.6 Å². The highest BCUT2D eigenvalue weighted by Gasteiger charge is 2.13. The van der Waals surface area contributed by atoms with Crippen LogP contribution in [0.4, 0.5) is 0 Å². The fourth-order valence-electron chi connectivity index (χ4n) is 1.16. The summed E-state index contributed by atoms with van der Waals surface area (Å²) in [4.78, 5) is 13.3. The molecule has 0 aromatic heterocycles. The van der Waals surface area contributed by atoms with E-state index in [1.54, 1.807) is 12.0 Å². The second-order valence-electron chi connectivity index (χ2n) is 3.70. The quantitative estimate of drug-likeness (QED) is 0.655. The lowest BCUT2D eigenvalue weighted by atomic mass is 10.1. The molecule has 14 heavy (non-hydrogen) atoms. The number of carbonyl (C=O) groups is 1. The maximum atomic E-state index is 11.6. The van der Waals surface area contributed by atoms with Gasteiger partial charge in [0.05, 0.1) is 13.2 Å². The largest absolute Gasteiger partial charge is 0.395 e. The van der Waals surface area contributed by atoms with Crippen LogP contribution >= 0.6 is 0 Å². The second kappa shape index (κ2) is 7.76. The molecular formula is C10H21NO3. The monoisotopic (exact) mass is 203 g/mol. The van der Waals surface area contributed by atoms with Crippen LogP contribution in [-0.4, -0.2) is 49.3 Å². The van der Waals surface area contributed by atoms with Crippen LogP contribution in [0.3, 0.4) is 0 Å². The smallest absolute Gasteiger partial charge is 0.222 e. The Morgan fingerprint density at radius 3 is 2.50 bits per heavy atom. The highest BCUT2D eigenvalue weighted by Crippen LogP contribution is 2.03. The molecule has 0 unspecified atom stereocenters. The van der Waals surface area contributed by atoms with E-state index in [0.717, 1.165) is 0 Å². The molecule has 4 heteroatoms. The first kappa shape index (κ1) is 13.4. The molecule has 0 radical (unpaired) electrons. The van der Waals surface area contributed by atoms with E-state index in [0.29, 0.717) is 32.0 Å². The molecule has 0 fully saturated rings. The lowest BCUT2D eigenvalue weighted by Gasteiger charge is -2.22. The van der Waals surface area contributed by atoms with Crippen molar-refractivity contribution in [1.82, 2.24) is 4.90 Å². The van der Waals surface area contributed by atoms with Crippen LogP contribution in [0, 0.1) is 5.92 Å². The van der Waals surface area contributed by atoms with Crippen LogP contribution in [0.25, 0.3) is 0 Å². The van der Waals surface area contributed by atoms with Crippen molar-refractivity contribution in [3.8, 4) is 0 Å². The summed E-state index contributed by atoms with van der Waals surface area (Å²) in [6.45, 7) is 5.49. The second-order valence-corrected chi connectivity index (χ2v) is 3.70. The van der Waals surface area contributed by atoms with E-state index in [9.17, 15) is 4.79 Å². The Morgan fingerprint density at radius 1 is 1.43 bits per heavy atom. The molecule has 0 aliphatic heterocycles. The predicted molar refractivity (Wildman–Crippen MR) is 55.0 cm³/mol. The topological polar surface area (TPSA) is 49.8 Å². The number of aliphatic hydroxyl groups is 1. The number of hydrogen-bond acceptors (Lipinski definition) is 3. The molecule has 84 valence electrons. The minimum atomic E-state index is 0.00749. The zero-order valence-corrected chi connectivity index (χ0v) is 9.32. The van der Waals surface area contributed by atoms with Crippen molar-refractivity contribution in [3.63, 3.8) is 0 Å². The van der Waals surface area contributed by atoms with Gasteiger partial charge in [-0.25, -0.2) is 0 Å². The summed E-state index contributed by atoms with van der Waals surface area (Å²) in [6.07, 6.45) is 0.531. The SMILES string of the molecule is COCCN(CCO)C(=O)CC(C)C. The molecule has 0 heterocycles. The molecule has 1 amide bonds. The first-order valence-electron chi connectivity index (χ1n) is 4.99. The van der Waals surface area contributed by atoms with E-state index < -0.39 is 0 Å². The standard InChI is InChI=1S/C10H21NO3/c1-9(2)8-10(13)11(4-6-12)5-7-14-3/h9,12H,4-8H2,1-3H3.